The molecule has 2 heteroatoms. The third kappa shape index (κ3) is 3.91. The number of rotatable bonds is 3. The summed E-state index contributed by atoms with van der Waals surface area (Å²) in [6.45, 7) is 4.67. The fourth-order valence-electron chi connectivity index (χ4n) is 7.80. The molecule has 47 heavy (non-hydrogen) atoms. The maximum Gasteiger partial charge on any atom is 0.139 e. The zero-order chi connectivity index (χ0) is 31.3. The Kier molecular flexibility index (Phi) is 5.37. The van der Waals surface area contributed by atoms with Gasteiger partial charge < -0.3 is 8.83 Å². The van der Waals surface area contributed by atoms with Crippen LogP contribution >= 0.6 is 0 Å². The Labute approximate surface area is 272 Å². The first-order chi connectivity index (χ1) is 23.0. The molecule has 2 heterocycles. The molecule has 0 bridgehead atoms. The summed E-state index contributed by atoms with van der Waals surface area (Å²) in [5.41, 5.74) is 16.0. The van der Waals surface area contributed by atoms with E-state index in [1.54, 1.807) is 0 Å². The third-order valence-electron chi connectivity index (χ3n) is 10.3. The maximum absolute atomic E-state index is 6.39. The highest BCUT2D eigenvalue weighted by molar-refractivity contribution is 6.16. The molecule has 0 N–H and O–H groups in total. The lowest BCUT2D eigenvalue weighted by Crippen LogP contribution is -2.14. The summed E-state index contributed by atoms with van der Waals surface area (Å²) in [5.74, 6) is 0. The fraction of sp³-hybridized carbons (Fsp3) is 0.0667. The first-order valence-electron chi connectivity index (χ1n) is 16.2. The van der Waals surface area contributed by atoms with Crippen molar-refractivity contribution >= 4 is 43.9 Å². The summed E-state index contributed by atoms with van der Waals surface area (Å²) in [6, 6.07) is 52.4. The minimum Gasteiger partial charge on any atom is -0.456 e. The standard InChI is InChI=1S/C45H30O2/c1-45(2)39-14-7-6-13-33(39)34-18-15-32(24-40(34)45)31-17-20-42-36(23-31)38-25-37-35-22-30(16-19-41(35)46-43(37)26-44(38)47-42)29-12-8-11-28(21-29)27-9-4-3-5-10-27/h3-26H,1-2H3. The predicted molar refractivity (Wildman–Crippen MR) is 195 cm³/mol. The quantitative estimate of drug-likeness (QED) is 0.201. The van der Waals surface area contributed by atoms with Crippen LogP contribution in [0.2, 0.25) is 0 Å². The van der Waals surface area contributed by atoms with E-state index in [9.17, 15) is 0 Å². The molecule has 10 rings (SSSR count). The monoisotopic (exact) mass is 602 g/mol. The smallest absolute Gasteiger partial charge is 0.139 e. The van der Waals surface area contributed by atoms with E-state index in [1.165, 1.54) is 55.6 Å². The molecule has 0 radical (unpaired) electrons. The molecule has 7 aromatic carbocycles. The molecule has 0 aliphatic heterocycles. The van der Waals surface area contributed by atoms with Gasteiger partial charge in [-0.3, -0.25) is 0 Å². The van der Waals surface area contributed by atoms with E-state index in [0.29, 0.717) is 0 Å². The van der Waals surface area contributed by atoms with E-state index in [1.807, 2.05) is 0 Å². The van der Waals surface area contributed by atoms with Gasteiger partial charge in [-0.15, -0.1) is 0 Å². The van der Waals surface area contributed by atoms with Crippen molar-refractivity contribution in [3.63, 3.8) is 0 Å². The van der Waals surface area contributed by atoms with Crippen molar-refractivity contribution in [2.24, 2.45) is 0 Å². The summed E-state index contributed by atoms with van der Waals surface area (Å²) in [4.78, 5) is 0. The molecule has 0 saturated heterocycles. The minimum atomic E-state index is -0.0377. The second kappa shape index (κ2) is 9.57. The van der Waals surface area contributed by atoms with Crippen LogP contribution in [0, 0.1) is 0 Å². The molecule has 1 aliphatic rings. The van der Waals surface area contributed by atoms with Crippen LogP contribution in [-0.2, 0) is 5.41 Å². The normalized spacial score (nSPS) is 13.5. The Hall–Kier alpha value is -5.86. The van der Waals surface area contributed by atoms with Gasteiger partial charge >= 0.3 is 0 Å². The largest absolute Gasteiger partial charge is 0.456 e. The number of benzene rings is 7. The van der Waals surface area contributed by atoms with Gasteiger partial charge in [0.25, 0.3) is 0 Å². The summed E-state index contributed by atoms with van der Waals surface area (Å²) >= 11 is 0. The van der Waals surface area contributed by atoms with Gasteiger partial charge in [-0.25, -0.2) is 0 Å². The predicted octanol–water partition coefficient (Wildman–Crippen LogP) is 12.8. The molecule has 0 amide bonds. The second-order valence-corrected chi connectivity index (χ2v) is 13.3. The first kappa shape index (κ1) is 26.4. The van der Waals surface area contributed by atoms with Crippen molar-refractivity contribution in [1.82, 2.24) is 0 Å². The fourth-order valence-corrected chi connectivity index (χ4v) is 7.80. The third-order valence-corrected chi connectivity index (χ3v) is 10.3. The topological polar surface area (TPSA) is 26.3 Å². The summed E-state index contributed by atoms with van der Waals surface area (Å²) < 4.78 is 12.7. The van der Waals surface area contributed by atoms with Crippen molar-refractivity contribution < 1.29 is 8.83 Å². The maximum atomic E-state index is 6.39. The Bertz CT molecular complexity index is 2700. The Morgan fingerprint density at radius 1 is 0.340 bits per heavy atom. The van der Waals surface area contributed by atoms with Gasteiger partial charge in [0.1, 0.15) is 22.3 Å². The summed E-state index contributed by atoms with van der Waals surface area (Å²) in [6.07, 6.45) is 0. The van der Waals surface area contributed by atoms with Crippen LogP contribution in [0.15, 0.2) is 154 Å². The van der Waals surface area contributed by atoms with E-state index in [0.717, 1.165) is 43.9 Å². The lowest BCUT2D eigenvalue weighted by molar-refractivity contribution is 0.656. The molecule has 0 fully saturated rings. The lowest BCUT2D eigenvalue weighted by Gasteiger charge is -2.22. The first-order valence-corrected chi connectivity index (χ1v) is 16.2. The van der Waals surface area contributed by atoms with Crippen LogP contribution in [0.1, 0.15) is 25.0 Å². The van der Waals surface area contributed by atoms with Crippen LogP contribution in [0.5, 0.6) is 0 Å². The number of hydrogen-bond donors (Lipinski definition) is 0. The van der Waals surface area contributed by atoms with Crippen LogP contribution in [0.3, 0.4) is 0 Å². The molecular formula is C45H30O2. The van der Waals surface area contributed by atoms with Crippen LogP contribution in [0.4, 0.5) is 0 Å². The van der Waals surface area contributed by atoms with E-state index in [-0.39, 0.29) is 5.41 Å². The molecule has 2 nitrogen and oxygen atoms in total. The molecule has 2 aromatic heterocycles. The molecule has 1 aliphatic carbocycles. The Morgan fingerprint density at radius 3 is 1.55 bits per heavy atom. The summed E-state index contributed by atoms with van der Waals surface area (Å²) in [5, 5.41) is 4.42. The van der Waals surface area contributed by atoms with Crippen LogP contribution in [0.25, 0.3) is 88.4 Å². The van der Waals surface area contributed by atoms with Crippen molar-refractivity contribution in [3.8, 4) is 44.5 Å². The van der Waals surface area contributed by atoms with E-state index in [2.05, 4.69) is 159 Å². The molecule has 0 saturated carbocycles. The summed E-state index contributed by atoms with van der Waals surface area (Å²) in [7, 11) is 0. The van der Waals surface area contributed by atoms with Gasteiger partial charge in [0.2, 0.25) is 0 Å². The van der Waals surface area contributed by atoms with Crippen molar-refractivity contribution in [3.05, 3.63) is 157 Å². The molecule has 0 unspecified atom stereocenters. The van der Waals surface area contributed by atoms with Crippen molar-refractivity contribution in [2.75, 3.05) is 0 Å². The highest BCUT2D eigenvalue weighted by Crippen LogP contribution is 2.49. The van der Waals surface area contributed by atoms with Gasteiger partial charge in [-0.2, -0.15) is 0 Å². The molecule has 9 aromatic rings. The highest BCUT2D eigenvalue weighted by Gasteiger charge is 2.35. The zero-order valence-corrected chi connectivity index (χ0v) is 26.2. The number of fused-ring (bicyclic) bond motifs is 9. The highest BCUT2D eigenvalue weighted by atomic mass is 16.3. The molecule has 0 spiro atoms. The zero-order valence-electron chi connectivity index (χ0n) is 26.2. The van der Waals surface area contributed by atoms with Gasteiger partial charge in [0.05, 0.1) is 0 Å². The van der Waals surface area contributed by atoms with Gasteiger partial charge in [-0.1, -0.05) is 111 Å². The Balaban J connectivity index is 1.09. The van der Waals surface area contributed by atoms with Gasteiger partial charge in [0.15, 0.2) is 0 Å². The lowest BCUT2D eigenvalue weighted by atomic mass is 9.81. The van der Waals surface area contributed by atoms with E-state index < -0.39 is 0 Å². The molecule has 0 atom stereocenters. The Morgan fingerprint density at radius 2 is 0.851 bits per heavy atom. The van der Waals surface area contributed by atoms with Crippen LogP contribution < -0.4 is 0 Å². The van der Waals surface area contributed by atoms with E-state index in [4.69, 9.17) is 8.83 Å². The SMILES string of the molecule is CC1(C)c2ccccc2-c2ccc(-c3ccc4oc5cc6oc7ccc(-c8cccc(-c9ccccc9)c8)cc7c6cc5c4c3)cc21. The van der Waals surface area contributed by atoms with Crippen molar-refractivity contribution in [1.29, 1.82) is 0 Å². The second-order valence-electron chi connectivity index (χ2n) is 13.3. The van der Waals surface area contributed by atoms with Crippen LogP contribution in [-0.4, -0.2) is 0 Å². The van der Waals surface area contributed by atoms with Crippen molar-refractivity contribution in [2.45, 2.75) is 19.3 Å². The van der Waals surface area contributed by atoms with E-state index >= 15 is 0 Å². The average molecular weight is 603 g/mol. The molecular weight excluding hydrogens is 572 g/mol. The number of hydrogen-bond acceptors (Lipinski definition) is 2. The van der Waals surface area contributed by atoms with Gasteiger partial charge in [0, 0.05) is 33.0 Å². The molecule has 222 valence electrons. The average Bonchev–Trinajstić information content (AvgIpc) is 3.74. The minimum absolute atomic E-state index is 0.0377. The number of furan rings is 2. The van der Waals surface area contributed by atoms with Gasteiger partial charge in [-0.05, 0) is 98.1 Å².